The van der Waals surface area contributed by atoms with Crippen molar-refractivity contribution in [1.29, 1.82) is 5.26 Å². The summed E-state index contributed by atoms with van der Waals surface area (Å²) in [7, 11) is 0. The van der Waals surface area contributed by atoms with Gasteiger partial charge in [0.05, 0.1) is 16.1 Å². The molecule has 0 bridgehead atoms. The minimum atomic E-state index is -0.482. The number of carbonyl (C=O) groups excluding carboxylic acids is 1. The summed E-state index contributed by atoms with van der Waals surface area (Å²) in [6.07, 6.45) is 4.31. The van der Waals surface area contributed by atoms with Crippen LogP contribution in [0.4, 0.5) is 5.69 Å². The van der Waals surface area contributed by atoms with Crippen molar-refractivity contribution in [3.8, 4) is 6.07 Å². The monoisotopic (exact) mass is 304 g/mol. The Labute approximate surface area is 133 Å². The van der Waals surface area contributed by atoms with Gasteiger partial charge in [-0.05, 0) is 18.2 Å². The Morgan fingerprint density at radius 2 is 1.74 bits per heavy atom. The number of ketones is 1. The molecule has 2 aromatic carbocycles. The molecule has 112 valence electrons. The van der Waals surface area contributed by atoms with E-state index in [4.69, 9.17) is 5.26 Å². The lowest BCUT2D eigenvalue weighted by molar-refractivity contribution is -0.385. The van der Waals surface area contributed by atoms with Crippen molar-refractivity contribution < 1.29 is 9.72 Å². The van der Waals surface area contributed by atoms with Gasteiger partial charge < -0.3 is 0 Å². The lowest BCUT2D eigenvalue weighted by Gasteiger charge is -1.98. The molecule has 0 aliphatic carbocycles. The lowest BCUT2D eigenvalue weighted by atomic mass is 10.0. The topological polar surface area (TPSA) is 84.0 Å². The Hall–Kier alpha value is -3.52. The van der Waals surface area contributed by atoms with Crippen LogP contribution >= 0.6 is 0 Å². The molecule has 0 radical (unpaired) electrons. The van der Waals surface area contributed by atoms with E-state index in [1.54, 1.807) is 48.5 Å². The molecule has 5 nitrogen and oxygen atoms in total. The van der Waals surface area contributed by atoms with Crippen LogP contribution in [0.25, 0.3) is 6.08 Å². The molecular formula is C18H12N2O3. The second kappa shape index (κ2) is 7.48. The molecule has 0 fully saturated rings. The van der Waals surface area contributed by atoms with Gasteiger partial charge in [-0.3, -0.25) is 14.9 Å². The van der Waals surface area contributed by atoms with Gasteiger partial charge in [-0.1, -0.05) is 48.5 Å². The Morgan fingerprint density at radius 1 is 1.09 bits per heavy atom. The van der Waals surface area contributed by atoms with Crippen LogP contribution in [0.15, 0.2) is 72.3 Å². The van der Waals surface area contributed by atoms with Crippen molar-refractivity contribution in [2.45, 2.75) is 0 Å². The molecule has 0 N–H and O–H groups in total. The number of nitriles is 1. The quantitative estimate of drug-likeness (QED) is 0.209. The standard InChI is InChI=1S/C18H12N2O3/c19-13-16(18(21)15-8-2-1-3-9-15)11-6-10-14-7-4-5-12-17(14)20(22)23/h1-12H. The maximum absolute atomic E-state index is 12.2. The van der Waals surface area contributed by atoms with Gasteiger partial charge in [-0.25, -0.2) is 0 Å². The Balaban J connectivity index is 2.26. The first-order valence-corrected chi connectivity index (χ1v) is 6.75. The average Bonchev–Trinajstić information content (AvgIpc) is 2.59. The number of benzene rings is 2. The van der Waals surface area contributed by atoms with Gasteiger partial charge in [-0.15, -0.1) is 0 Å². The molecule has 0 amide bonds. The second-order valence-corrected chi connectivity index (χ2v) is 4.56. The fourth-order valence-corrected chi connectivity index (χ4v) is 1.95. The first kappa shape index (κ1) is 15.9. The third kappa shape index (κ3) is 3.99. The van der Waals surface area contributed by atoms with Crippen LogP contribution in [0.2, 0.25) is 0 Å². The lowest BCUT2D eigenvalue weighted by Crippen LogP contribution is -2.01. The summed E-state index contributed by atoms with van der Waals surface area (Å²) >= 11 is 0. The van der Waals surface area contributed by atoms with E-state index < -0.39 is 4.92 Å². The van der Waals surface area contributed by atoms with Gasteiger partial charge >= 0.3 is 0 Å². The zero-order chi connectivity index (χ0) is 16.7. The van der Waals surface area contributed by atoms with Gasteiger partial charge in [0.1, 0.15) is 6.07 Å². The second-order valence-electron chi connectivity index (χ2n) is 4.56. The van der Waals surface area contributed by atoms with Crippen molar-refractivity contribution in [1.82, 2.24) is 0 Å². The van der Waals surface area contributed by atoms with Crippen LogP contribution in [-0.2, 0) is 0 Å². The summed E-state index contributed by atoms with van der Waals surface area (Å²) < 4.78 is 0. The molecule has 2 rings (SSSR count). The Bertz CT molecular complexity index is 831. The Kier molecular flexibility index (Phi) is 5.16. The van der Waals surface area contributed by atoms with Crippen molar-refractivity contribution >= 4 is 17.5 Å². The minimum absolute atomic E-state index is 0.0361. The predicted molar refractivity (Wildman–Crippen MR) is 86.6 cm³/mol. The summed E-state index contributed by atoms with van der Waals surface area (Å²) in [5.41, 5.74) is 0.744. The van der Waals surface area contributed by atoms with Crippen molar-refractivity contribution in [3.63, 3.8) is 0 Å². The van der Waals surface area contributed by atoms with Gasteiger partial charge in [0.2, 0.25) is 5.78 Å². The third-order valence-electron chi connectivity index (χ3n) is 3.07. The highest BCUT2D eigenvalue weighted by Gasteiger charge is 2.11. The number of hydrogen-bond acceptors (Lipinski definition) is 4. The SMILES string of the molecule is N#CC(=CC=Cc1ccccc1[N+](=O)[O-])C(=O)c1ccccc1. The molecule has 0 spiro atoms. The molecule has 0 unspecified atom stereocenters. The van der Waals surface area contributed by atoms with Crippen LogP contribution in [0.5, 0.6) is 0 Å². The average molecular weight is 304 g/mol. The van der Waals surface area contributed by atoms with Gasteiger partial charge in [0, 0.05) is 11.6 Å². The number of Topliss-reactive ketones (excluding diaryl/α,β-unsaturated/α-hetero) is 1. The summed E-state index contributed by atoms with van der Waals surface area (Å²) in [5, 5.41) is 20.0. The van der Waals surface area contributed by atoms with E-state index in [9.17, 15) is 14.9 Å². The van der Waals surface area contributed by atoms with E-state index in [2.05, 4.69) is 0 Å². The van der Waals surface area contributed by atoms with Gasteiger partial charge in [-0.2, -0.15) is 5.26 Å². The van der Waals surface area contributed by atoms with E-state index in [1.807, 2.05) is 6.07 Å². The fourth-order valence-electron chi connectivity index (χ4n) is 1.95. The van der Waals surface area contributed by atoms with E-state index >= 15 is 0 Å². The fraction of sp³-hybridized carbons (Fsp3) is 0. The number of carbonyl (C=O) groups is 1. The maximum atomic E-state index is 12.2. The number of hydrogen-bond donors (Lipinski definition) is 0. The number of allylic oxidation sites excluding steroid dienone is 3. The van der Waals surface area contributed by atoms with Gasteiger partial charge in [0.25, 0.3) is 5.69 Å². The van der Waals surface area contributed by atoms with E-state index in [1.165, 1.54) is 24.3 Å². The molecular weight excluding hydrogens is 292 g/mol. The maximum Gasteiger partial charge on any atom is 0.276 e. The number of nitro groups is 1. The summed E-state index contributed by atoms with van der Waals surface area (Å²) in [6, 6.07) is 16.5. The van der Waals surface area contributed by atoms with Crippen molar-refractivity contribution in [3.05, 3.63) is 93.6 Å². The van der Waals surface area contributed by atoms with Crippen molar-refractivity contribution in [2.24, 2.45) is 0 Å². The van der Waals surface area contributed by atoms with Crippen molar-refractivity contribution in [2.75, 3.05) is 0 Å². The van der Waals surface area contributed by atoms with E-state index in [0.717, 1.165) is 0 Å². The molecule has 5 heteroatoms. The highest BCUT2D eigenvalue weighted by molar-refractivity contribution is 6.11. The highest BCUT2D eigenvalue weighted by Crippen LogP contribution is 2.19. The number of rotatable bonds is 5. The van der Waals surface area contributed by atoms with Crippen LogP contribution in [0.1, 0.15) is 15.9 Å². The van der Waals surface area contributed by atoms with Crippen LogP contribution in [-0.4, -0.2) is 10.7 Å². The van der Waals surface area contributed by atoms with Crippen LogP contribution in [0.3, 0.4) is 0 Å². The number of para-hydroxylation sites is 1. The third-order valence-corrected chi connectivity index (χ3v) is 3.07. The highest BCUT2D eigenvalue weighted by atomic mass is 16.6. The van der Waals surface area contributed by atoms with Gasteiger partial charge in [0.15, 0.2) is 0 Å². The molecule has 0 saturated heterocycles. The molecule has 0 aliphatic heterocycles. The molecule has 0 aromatic heterocycles. The number of nitrogens with zero attached hydrogens (tertiary/aromatic N) is 2. The molecule has 2 aromatic rings. The molecule has 0 heterocycles. The summed E-state index contributed by atoms with van der Waals surface area (Å²) in [4.78, 5) is 22.6. The molecule has 0 aliphatic rings. The largest absolute Gasteiger partial charge is 0.288 e. The first-order valence-electron chi connectivity index (χ1n) is 6.75. The zero-order valence-electron chi connectivity index (χ0n) is 12.0. The minimum Gasteiger partial charge on any atom is -0.288 e. The predicted octanol–water partition coefficient (Wildman–Crippen LogP) is 3.94. The smallest absolute Gasteiger partial charge is 0.276 e. The van der Waals surface area contributed by atoms with E-state index in [-0.39, 0.29) is 17.0 Å². The zero-order valence-corrected chi connectivity index (χ0v) is 12.0. The number of nitro benzene ring substituents is 1. The van der Waals surface area contributed by atoms with Crippen LogP contribution < -0.4 is 0 Å². The molecule has 0 saturated carbocycles. The summed E-state index contributed by atoms with van der Waals surface area (Å²) in [6.45, 7) is 0. The Morgan fingerprint density at radius 3 is 2.39 bits per heavy atom. The first-order chi connectivity index (χ1) is 11.1. The molecule has 0 atom stereocenters. The van der Waals surface area contributed by atoms with E-state index in [0.29, 0.717) is 11.1 Å². The van der Waals surface area contributed by atoms with Crippen LogP contribution in [0, 0.1) is 21.4 Å². The molecule has 23 heavy (non-hydrogen) atoms. The summed E-state index contributed by atoms with van der Waals surface area (Å²) in [5.74, 6) is -0.389. The normalized spacial score (nSPS) is 11.2.